The molecule has 124 valence electrons. The fourth-order valence-corrected chi connectivity index (χ4v) is 2.81. The van der Waals surface area contributed by atoms with Crippen molar-refractivity contribution in [2.24, 2.45) is 7.05 Å². The molecule has 0 N–H and O–H groups in total. The number of fused-ring (bicyclic) bond motifs is 1. The summed E-state index contributed by atoms with van der Waals surface area (Å²) in [6.45, 7) is 0.664. The minimum atomic E-state index is 0.664. The number of benzene rings is 1. The van der Waals surface area contributed by atoms with E-state index in [0.29, 0.717) is 12.4 Å². The molecule has 0 saturated carbocycles. The lowest BCUT2D eigenvalue weighted by atomic mass is 10.2. The first-order valence-corrected chi connectivity index (χ1v) is 8.07. The Hall–Kier alpha value is -3.28. The van der Waals surface area contributed by atoms with Crippen LogP contribution in [-0.2, 0) is 13.6 Å². The van der Waals surface area contributed by atoms with E-state index in [-0.39, 0.29) is 0 Å². The van der Waals surface area contributed by atoms with Crippen LogP contribution in [-0.4, -0.2) is 31.6 Å². The zero-order valence-corrected chi connectivity index (χ0v) is 14.2. The monoisotopic (exact) mass is 330 g/mol. The first-order chi connectivity index (χ1) is 12.2. The highest BCUT2D eigenvalue weighted by Crippen LogP contribution is 2.27. The van der Waals surface area contributed by atoms with Gasteiger partial charge in [0, 0.05) is 49.8 Å². The van der Waals surface area contributed by atoms with Crippen molar-refractivity contribution in [3.63, 3.8) is 0 Å². The molecule has 3 heterocycles. The third-order valence-corrected chi connectivity index (χ3v) is 4.16. The van der Waals surface area contributed by atoms with Gasteiger partial charge in [-0.3, -0.25) is 4.98 Å². The highest BCUT2D eigenvalue weighted by atomic mass is 15.2. The van der Waals surface area contributed by atoms with E-state index in [2.05, 4.69) is 14.9 Å². The zero-order chi connectivity index (χ0) is 17.2. The van der Waals surface area contributed by atoms with E-state index in [1.54, 1.807) is 12.4 Å². The Morgan fingerprint density at radius 2 is 1.92 bits per heavy atom. The van der Waals surface area contributed by atoms with E-state index in [9.17, 15) is 0 Å². The van der Waals surface area contributed by atoms with Crippen LogP contribution in [0.2, 0.25) is 0 Å². The number of nitrogens with zero attached hydrogens (tertiary/aromatic N) is 6. The summed E-state index contributed by atoms with van der Waals surface area (Å²) in [6.07, 6.45) is 7.29. The number of aromatic nitrogens is 5. The molecule has 0 amide bonds. The number of para-hydroxylation sites is 1. The number of aryl methyl sites for hydroxylation is 1. The lowest BCUT2D eigenvalue weighted by molar-refractivity contribution is 0.757. The third-order valence-electron chi connectivity index (χ3n) is 4.16. The van der Waals surface area contributed by atoms with Crippen molar-refractivity contribution >= 4 is 16.7 Å². The Kier molecular flexibility index (Phi) is 3.85. The summed E-state index contributed by atoms with van der Waals surface area (Å²) >= 11 is 0. The van der Waals surface area contributed by atoms with Crippen LogP contribution in [0, 0.1) is 0 Å². The van der Waals surface area contributed by atoms with Gasteiger partial charge in [-0.2, -0.15) is 0 Å². The fraction of sp³-hybridized carbons (Fsp3) is 0.158. The Balaban J connectivity index is 1.82. The summed E-state index contributed by atoms with van der Waals surface area (Å²) in [4.78, 5) is 20.2. The van der Waals surface area contributed by atoms with Crippen LogP contribution in [0.1, 0.15) is 5.82 Å². The van der Waals surface area contributed by atoms with Crippen LogP contribution < -0.4 is 4.90 Å². The Morgan fingerprint density at radius 3 is 2.68 bits per heavy atom. The molecular weight excluding hydrogens is 312 g/mol. The Bertz CT molecular complexity index is 1010. The molecule has 0 fully saturated rings. The second-order valence-electron chi connectivity index (χ2n) is 5.94. The summed E-state index contributed by atoms with van der Waals surface area (Å²) in [5.41, 5.74) is 1.82. The smallest absolute Gasteiger partial charge is 0.163 e. The summed E-state index contributed by atoms with van der Waals surface area (Å²) in [6, 6.07) is 11.9. The first-order valence-electron chi connectivity index (χ1n) is 8.07. The van der Waals surface area contributed by atoms with Crippen molar-refractivity contribution < 1.29 is 0 Å². The predicted octanol–water partition coefficient (Wildman–Crippen LogP) is 3.06. The Morgan fingerprint density at radius 1 is 1.04 bits per heavy atom. The molecule has 0 spiro atoms. The van der Waals surface area contributed by atoms with Crippen molar-refractivity contribution in [2.75, 3.05) is 11.9 Å². The molecule has 0 aliphatic rings. The standard InChI is InChI=1S/C19H18N6/c1-24-11-10-21-17(24)13-25(2)19-15-7-3-4-8-16(15)22-18(23-19)14-6-5-9-20-12-14/h3-12H,13H2,1-2H3. The van der Waals surface area contributed by atoms with Crippen LogP contribution in [0.3, 0.4) is 0 Å². The molecule has 4 rings (SSSR count). The van der Waals surface area contributed by atoms with Gasteiger partial charge < -0.3 is 9.47 Å². The average Bonchev–Trinajstić information content (AvgIpc) is 3.06. The van der Waals surface area contributed by atoms with Gasteiger partial charge in [-0.05, 0) is 24.3 Å². The molecule has 1 aromatic carbocycles. The van der Waals surface area contributed by atoms with Gasteiger partial charge in [0.25, 0.3) is 0 Å². The van der Waals surface area contributed by atoms with Crippen molar-refractivity contribution in [3.05, 3.63) is 67.0 Å². The van der Waals surface area contributed by atoms with Crippen LogP contribution in [0.25, 0.3) is 22.3 Å². The fourth-order valence-electron chi connectivity index (χ4n) is 2.81. The molecule has 0 aliphatic heterocycles. The maximum atomic E-state index is 4.82. The minimum absolute atomic E-state index is 0.664. The van der Waals surface area contributed by atoms with Gasteiger partial charge in [0.2, 0.25) is 0 Å². The average molecular weight is 330 g/mol. The molecular formula is C19H18N6. The molecule has 3 aromatic heterocycles. The van der Waals surface area contributed by atoms with Crippen LogP contribution in [0.5, 0.6) is 0 Å². The topological polar surface area (TPSA) is 59.7 Å². The molecule has 6 nitrogen and oxygen atoms in total. The predicted molar refractivity (Wildman–Crippen MR) is 98.1 cm³/mol. The molecule has 0 atom stereocenters. The lowest BCUT2D eigenvalue weighted by Crippen LogP contribution is -2.21. The number of hydrogen-bond acceptors (Lipinski definition) is 5. The van der Waals surface area contributed by atoms with Crippen molar-refractivity contribution in [1.82, 2.24) is 24.5 Å². The number of imidazole rings is 1. The number of hydrogen-bond donors (Lipinski definition) is 0. The normalized spacial score (nSPS) is 11.0. The van der Waals surface area contributed by atoms with Gasteiger partial charge in [0.05, 0.1) is 12.1 Å². The number of rotatable bonds is 4. The summed E-state index contributed by atoms with van der Waals surface area (Å²) in [5, 5.41) is 1.02. The van der Waals surface area contributed by atoms with Gasteiger partial charge in [0.15, 0.2) is 5.82 Å². The van der Waals surface area contributed by atoms with Crippen molar-refractivity contribution in [1.29, 1.82) is 0 Å². The summed E-state index contributed by atoms with van der Waals surface area (Å²) < 4.78 is 2.02. The van der Waals surface area contributed by atoms with Gasteiger partial charge in [-0.1, -0.05) is 12.1 Å². The first kappa shape index (κ1) is 15.3. The largest absolute Gasteiger partial charge is 0.352 e. The minimum Gasteiger partial charge on any atom is -0.352 e. The second kappa shape index (κ2) is 6.32. The van der Waals surface area contributed by atoms with Gasteiger partial charge in [-0.25, -0.2) is 15.0 Å². The van der Waals surface area contributed by atoms with Crippen LogP contribution in [0.15, 0.2) is 61.2 Å². The van der Waals surface area contributed by atoms with Gasteiger partial charge >= 0.3 is 0 Å². The lowest BCUT2D eigenvalue weighted by Gasteiger charge is -2.20. The Labute approximate surface area is 145 Å². The molecule has 0 radical (unpaired) electrons. The molecule has 0 unspecified atom stereocenters. The molecule has 4 aromatic rings. The zero-order valence-electron chi connectivity index (χ0n) is 14.2. The van der Waals surface area contributed by atoms with Crippen molar-refractivity contribution in [3.8, 4) is 11.4 Å². The van der Waals surface area contributed by atoms with E-state index in [4.69, 9.17) is 9.97 Å². The highest BCUT2D eigenvalue weighted by Gasteiger charge is 2.14. The second-order valence-corrected chi connectivity index (χ2v) is 5.94. The van der Waals surface area contributed by atoms with E-state index >= 15 is 0 Å². The quantitative estimate of drug-likeness (QED) is 0.575. The van der Waals surface area contributed by atoms with Gasteiger partial charge in [-0.15, -0.1) is 0 Å². The van der Waals surface area contributed by atoms with E-state index in [0.717, 1.165) is 28.1 Å². The molecule has 0 aliphatic carbocycles. The highest BCUT2D eigenvalue weighted by molar-refractivity contribution is 5.90. The van der Waals surface area contributed by atoms with Gasteiger partial charge in [0.1, 0.15) is 11.6 Å². The summed E-state index contributed by atoms with van der Waals surface area (Å²) in [7, 11) is 4.02. The van der Waals surface area contributed by atoms with E-state index < -0.39 is 0 Å². The SMILES string of the molecule is CN(Cc1nccn1C)c1nc(-c2cccnc2)nc2ccccc12. The van der Waals surface area contributed by atoms with E-state index in [1.807, 2.05) is 67.5 Å². The molecule has 0 saturated heterocycles. The molecule has 0 bridgehead atoms. The third kappa shape index (κ3) is 2.94. The molecule has 6 heteroatoms. The number of anilines is 1. The number of pyridine rings is 1. The maximum absolute atomic E-state index is 4.82. The van der Waals surface area contributed by atoms with Crippen molar-refractivity contribution in [2.45, 2.75) is 6.54 Å². The van der Waals surface area contributed by atoms with Crippen LogP contribution >= 0.6 is 0 Å². The van der Waals surface area contributed by atoms with E-state index in [1.165, 1.54) is 0 Å². The van der Waals surface area contributed by atoms with Crippen LogP contribution in [0.4, 0.5) is 5.82 Å². The molecule has 25 heavy (non-hydrogen) atoms. The summed E-state index contributed by atoms with van der Waals surface area (Å²) in [5.74, 6) is 2.54. The maximum Gasteiger partial charge on any atom is 0.163 e.